The number of rotatable bonds is 15. The summed E-state index contributed by atoms with van der Waals surface area (Å²) in [6.45, 7) is 8.94. The van der Waals surface area contributed by atoms with Crippen molar-refractivity contribution in [2.45, 2.75) is 78.8 Å². The van der Waals surface area contributed by atoms with E-state index in [1.54, 1.807) is 58.9 Å². The summed E-state index contributed by atoms with van der Waals surface area (Å²) in [5.41, 5.74) is 5.65. The Morgan fingerprint density at radius 1 is 1.05 bits per heavy atom. The van der Waals surface area contributed by atoms with Crippen LogP contribution >= 0.6 is 0 Å². The van der Waals surface area contributed by atoms with E-state index in [9.17, 15) is 33.9 Å². The molecule has 44 heavy (non-hydrogen) atoms. The lowest BCUT2D eigenvalue weighted by Gasteiger charge is -2.26. The number of ether oxygens (including phenoxy) is 1. The topological polar surface area (TPSA) is 209 Å². The highest BCUT2D eigenvalue weighted by molar-refractivity contribution is 5.98. The molecule has 7 N–H and O–H groups in total. The largest absolute Gasteiger partial charge is 0.460 e. The number of hydrogen-bond donors (Lipinski definition) is 6. The first-order valence-electron chi connectivity index (χ1n) is 14.5. The molecule has 0 bridgehead atoms. The van der Waals surface area contributed by atoms with Crippen molar-refractivity contribution in [3.63, 3.8) is 0 Å². The number of urea groups is 1. The van der Waals surface area contributed by atoms with E-state index in [-0.39, 0.29) is 44.4 Å². The molecule has 0 spiro atoms. The highest BCUT2D eigenvalue weighted by Crippen LogP contribution is 2.18. The van der Waals surface area contributed by atoms with Crippen LogP contribution in [0.2, 0.25) is 0 Å². The molecule has 6 amide bonds. The van der Waals surface area contributed by atoms with Gasteiger partial charge >= 0.3 is 12.0 Å². The molecular weight excluding hydrogens is 572 g/mol. The summed E-state index contributed by atoms with van der Waals surface area (Å²) >= 11 is 0. The normalized spacial score (nSPS) is 15.8. The van der Waals surface area contributed by atoms with Gasteiger partial charge in [0.1, 0.15) is 24.9 Å². The van der Waals surface area contributed by atoms with Crippen LogP contribution in [0.15, 0.2) is 36.4 Å². The fourth-order valence-electron chi connectivity index (χ4n) is 4.07. The Morgan fingerprint density at radius 2 is 1.70 bits per heavy atom. The van der Waals surface area contributed by atoms with Crippen LogP contribution in [0.3, 0.4) is 0 Å². The van der Waals surface area contributed by atoms with Crippen LogP contribution in [-0.4, -0.2) is 77.0 Å². The molecule has 0 saturated heterocycles. The lowest BCUT2D eigenvalue weighted by molar-refractivity contribution is -0.154. The maximum atomic E-state index is 13.3. The smallest absolute Gasteiger partial charge is 0.312 e. The van der Waals surface area contributed by atoms with Crippen molar-refractivity contribution in [2.75, 3.05) is 18.4 Å². The van der Waals surface area contributed by atoms with Crippen molar-refractivity contribution in [3.05, 3.63) is 42.0 Å². The molecule has 1 aliphatic rings. The molecule has 0 saturated carbocycles. The number of nitrogens with one attached hydrogen (secondary N) is 4. The molecule has 1 aliphatic heterocycles. The Hall–Kier alpha value is -4.46. The second-order valence-corrected chi connectivity index (χ2v) is 11.9. The van der Waals surface area contributed by atoms with E-state index < -0.39 is 53.4 Å². The number of esters is 1. The van der Waals surface area contributed by atoms with Crippen molar-refractivity contribution < 1.29 is 38.6 Å². The highest BCUT2D eigenvalue weighted by atomic mass is 16.5. The van der Waals surface area contributed by atoms with Crippen LogP contribution in [0, 0.1) is 11.3 Å². The van der Waals surface area contributed by atoms with Crippen molar-refractivity contribution in [1.82, 2.24) is 20.9 Å². The van der Waals surface area contributed by atoms with E-state index in [1.165, 1.54) is 12.2 Å². The average molecular weight is 617 g/mol. The van der Waals surface area contributed by atoms with Gasteiger partial charge in [-0.2, -0.15) is 0 Å². The average Bonchev–Trinajstić information content (AvgIpc) is 3.26. The summed E-state index contributed by atoms with van der Waals surface area (Å²) in [4.78, 5) is 75.2. The Labute approximate surface area is 257 Å². The molecule has 0 aliphatic carbocycles. The minimum atomic E-state index is -1.11. The minimum absolute atomic E-state index is 0.0407. The van der Waals surface area contributed by atoms with Gasteiger partial charge in [0.2, 0.25) is 23.6 Å². The quantitative estimate of drug-likeness (QED) is 0.123. The third-order valence-corrected chi connectivity index (χ3v) is 6.66. The van der Waals surface area contributed by atoms with Gasteiger partial charge in [-0.15, -0.1) is 0 Å². The molecule has 1 heterocycles. The molecular formula is C30H44N6O8. The zero-order valence-corrected chi connectivity index (χ0v) is 25.8. The van der Waals surface area contributed by atoms with Crippen LogP contribution in [-0.2, 0) is 35.3 Å². The molecule has 3 atom stereocenters. The molecule has 14 nitrogen and oxygen atoms in total. The first kappa shape index (κ1) is 35.7. The summed E-state index contributed by atoms with van der Waals surface area (Å²) in [5, 5.41) is 20.4. The second-order valence-electron chi connectivity index (χ2n) is 11.9. The Morgan fingerprint density at radius 3 is 2.25 bits per heavy atom. The number of nitrogens with two attached hydrogens (primary N) is 1. The van der Waals surface area contributed by atoms with Crippen LogP contribution in [0.25, 0.3) is 0 Å². The van der Waals surface area contributed by atoms with Crippen LogP contribution in [0.5, 0.6) is 0 Å². The molecule has 2 rings (SSSR count). The second kappa shape index (κ2) is 16.4. The SMILES string of the molecule is CC(C)[C@H](NC(=O)CCN1C(=O)C=CC1O)C(=O)N[C@@H](CCCNC(N)=O)C(=O)Nc1ccc(COC(=O)C(C)(C)C)cc1. The molecule has 0 fully saturated rings. The van der Waals surface area contributed by atoms with Gasteiger partial charge in [0, 0.05) is 31.3 Å². The zero-order chi connectivity index (χ0) is 33.0. The van der Waals surface area contributed by atoms with E-state index in [0.29, 0.717) is 12.1 Å². The van der Waals surface area contributed by atoms with Gasteiger partial charge < -0.3 is 41.7 Å². The Bertz CT molecular complexity index is 1220. The number of primary amides is 1. The lowest BCUT2D eigenvalue weighted by Crippen LogP contribution is -2.54. The number of aliphatic hydroxyl groups is 1. The minimum Gasteiger partial charge on any atom is -0.460 e. The number of hydrogen-bond acceptors (Lipinski definition) is 8. The third-order valence-electron chi connectivity index (χ3n) is 6.66. The third kappa shape index (κ3) is 11.7. The van der Waals surface area contributed by atoms with E-state index in [1.807, 2.05) is 0 Å². The lowest BCUT2D eigenvalue weighted by atomic mass is 9.97. The summed E-state index contributed by atoms with van der Waals surface area (Å²) < 4.78 is 5.31. The highest BCUT2D eigenvalue weighted by Gasteiger charge is 2.30. The summed E-state index contributed by atoms with van der Waals surface area (Å²) in [7, 11) is 0. The predicted octanol–water partition coefficient (Wildman–Crippen LogP) is 0.895. The van der Waals surface area contributed by atoms with E-state index in [4.69, 9.17) is 10.5 Å². The van der Waals surface area contributed by atoms with E-state index in [2.05, 4.69) is 21.3 Å². The maximum Gasteiger partial charge on any atom is 0.312 e. The van der Waals surface area contributed by atoms with E-state index in [0.717, 1.165) is 10.5 Å². The van der Waals surface area contributed by atoms with Crippen LogP contribution < -0.4 is 27.0 Å². The number of carbonyl (C=O) groups excluding carboxylic acids is 6. The van der Waals surface area contributed by atoms with Crippen LogP contribution in [0.4, 0.5) is 10.5 Å². The zero-order valence-electron chi connectivity index (χ0n) is 25.8. The van der Waals surface area contributed by atoms with Crippen molar-refractivity contribution in [2.24, 2.45) is 17.1 Å². The number of benzene rings is 1. The number of carbonyl (C=O) groups is 6. The first-order valence-corrected chi connectivity index (χ1v) is 14.5. The van der Waals surface area contributed by atoms with Gasteiger partial charge in [0.05, 0.1) is 5.41 Å². The van der Waals surface area contributed by atoms with Gasteiger partial charge in [-0.05, 0) is 63.3 Å². The van der Waals surface area contributed by atoms with Gasteiger partial charge in [-0.3, -0.25) is 24.0 Å². The summed E-state index contributed by atoms with van der Waals surface area (Å²) in [6, 6.07) is 3.95. The first-order chi connectivity index (χ1) is 20.6. The molecule has 0 radical (unpaired) electrons. The van der Waals surface area contributed by atoms with Crippen molar-refractivity contribution >= 4 is 41.3 Å². The van der Waals surface area contributed by atoms with Crippen molar-refractivity contribution in [1.29, 1.82) is 0 Å². The van der Waals surface area contributed by atoms with Gasteiger partial charge in [-0.1, -0.05) is 26.0 Å². The number of amides is 6. The fraction of sp³-hybridized carbons (Fsp3) is 0.533. The Kier molecular flexibility index (Phi) is 13.3. The Balaban J connectivity index is 2.04. The summed E-state index contributed by atoms with van der Waals surface area (Å²) in [5.74, 6) is -2.72. The predicted molar refractivity (Wildman–Crippen MR) is 161 cm³/mol. The monoisotopic (exact) mass is 616 g/mol. The maximum absolute atomic E-state index is 13.3. The van der Waals surface area contributed by atoms with Crippen LogP contribution in [0.1, 0.15) is 59.4 Å². The number of nitrogens with zero attached hydrogens (tertiary/aromatic N) is 1. The molecule has 1 unspecified atom stereocenters. The van der Waals surface area contributed by atoms with Gasteiger partial charge in [-0.25, -0.2) is 4.79 Å². The molecule has 242 valence electrons. The molecule has 1 aromatic rings. The fourth-order valence-corrected chi connectivity index (χ4v) is 4.07. The van der Waals surface area contributed by atoms with Crippen molar-refractivity contribution in [3.8, 4) is 0 Å². The molecule has 1 aromatic carbocycles. The van der Waals surface area contributed by atoms with E-state index >= 15 is 0 Å². The summed E-state index contributed by atoms with van der Waals surface area (Å²) in [6.07, 6.45) is 1.75. The molecule has 14 heteroatoms. The van der Waals surface area contributed by atoms with Gasteiger partial charge in [0.15, 0.2) is 0 Å². The number of aliphatic hydroxyl groups excluding tert-OH is 1. The molecule has 0 aromatic heterocycles. The van der Waals surface area contributed by atoms with Gasteiger partial charge in [0.25, 0.3) is 0 Å². The number of anilines is 1. The standard InChI is InChI=1S/C30H44N6O8/c1-18(2)25(35-22(37)14-16-36-23(38)12-13-24(36)39)27(41)34-21(7-6-15-32-29(31)43)26(40)33-20-10-8-19(9-11-20)17-44-28(42)30(3,4)5/h8-13,18,21,23,25,38H,6-7,14-17H2,1-5H3,(H,33,40)(H,34,41)(H,35,37)(H3,31,32,43)/t21-,23?,25-/m0/s1.